The molecule has 2 aromatic rings. The Morgan fingerprint density at radius 3 is 2.45 bits per heavy atom. The van der Waals surface area contributed by atoms with Crippen molar-refractivity contribution >= 4 is 22.1 Å². The molecule has 0 unspecified atom stereocenters. The van der Waals surface area contributed by atoms with Gasteiger partial charge in [0.15, 0.2) is 0 Å². The Bertz CT molecular complexity index is 1370. The Morgan fingerprint density at radius 1 is 1.17 bits per heavy atom. The summed E-state index contributed by atoms with van der Waals surface area (Å²) in [6.07, 6.45) is 1.99. The molecule has 0 aromatic heterocycles. The fourth-order valence-electron chi connectivity index (χ4n) is 5.30. The molecule has 7 nitrogen and oxygen atoms in total. The molecule has 42 heavy (non-hydrogen) atoms. The average Bonchev–Trinajstić information content (AvgIpc) is 2.90. The van der Waals surface area contributed by atoms with E-state index in [1.807, 2.05) is 6.92 Å². The predicted octanol–water partition coefficient (Wildman–Crippen LogP) is 5.26. The minimum atomic E-state index is -4.20. The summed E-state index contributed by atoms with van der Waals surface area (Å²) in [5, 5.41) is 13.8. The van der Waals surface area contributed by atoms with Crippen LogP contribution in [0.15, 0.2) is 53.7 Å². The second kappa shape index (κ2) is 14.4. The van der Waals surface area contributed by atoms with E-state index in [0.717, 1.165) is 10.5 Å². The van der Waals surface area contributed by atoms with Gasteiger partial charge in [-0.3, -0.25) is 4.79 Å². The van der Waals surface area contributed by atoms with Crippen molar-refractivity contribution < 1.29 is 30.8 Å². The van der Waals surface area contributed by atoms with E-state index >= 15 is 0 Å². The molecule has 12 heteroatoms. The molecule has 0 spiro atoms. The maximum atomic E-state index is 14.3. The molecule has 2 atom stereocenters. The second-order valence-electron chi connectivity index (χ2n) is 10.8. The van der Waals surface area contributed by atoms with E-state index in [9.17, 15) is 30.8 Å². The van der Waals surface area contributed by atoms with Gasteiger partial charge in [-0.25, -0.2) is 26.0 Å². The fourth-order valence-corrected chi connectivity index (χ4v) is 7.11. The molecule has 2 aromatic carbocycles. The summed E-state index contributed by atoms with van der Waals surface area (Å²) < 4.78 is 81.6. The fraction of sp³-hybridized carbons (Fsp3) is 0.467. The number of aryl methyl sites for hydroxylation is 1. The van der Waals surface area contributed by atoms with Gasteiger partial charge < -0.3 is 16.0 Å². The number of rotatable bonds is 13. The van der Waals surface area contributed by atoms with Gasteiger partial charge >= 0.3 is 0 Å². The molecule has 0 bridgehead atoms. The predicted molar refractivity (Wildman–Crippen MR) is 155 cm³/mol. The number of hydrogen-bond acceptors (Lipinski definition) is 5. The first-order valence-electron chi connectivity index (χ1n) is 13.9. The number of nitrogens with zero attached hydrogens (tertiary/aromatic N) is 1. The van der Waals surface area contributed by atoms with Crippen molar-refractivity contribution in [2.45, 2.75) is 64.3 Å². The lowest BCUT2D eigenvalue weighted by molar-refractivity contribution is -0.120. The van der Waals surface area contributed by atoms with E-state index in [1.54, 1.807) is 25.1 Å². The van der Waals surface area contributed by atoms with E-state index in [2.05, 4.69) is 10.6 Å². The molecule has 230 valence electrons. The molecule has 1 saturated heterocycles. The summed E-state index contributed by atoms with van der Waals surface area (Å²) in [4.78, 5) is 13.3. The van der Waals surface area contributed by atoms with Gasteiger partial charge in [0.25, 0.3) is 5.92 Å². The highest BCUT2D eigenvalue weighted by Crippen LogP contribution is 2.30. The number of carbonyl (C=O) groups excluding carboxylic acids is 1. The van der Waals surface area contributed by atoms with Crippen molar-refractivity contribution in [2.75, 3.05) is 25.4 Å². The number of amides is 1. The molecule has 1 fully saturated rings. The Hall–Kier alpha value is -3.09. The number of sulfonamides is 1. The SMILES string of the molecule is CC/C(CC[C@H]1CNCCN1S(=O)(=O)CC(C)(F)F)=C(\C=N)NC(=O)C[C@@H](c1ccc(F)cc1)c1cc(C)cc(F)c1. The first-order valence-corrected chi connectivity index (χ1v) is 15.5. The van der Waals surface area contributed by atoms with Crippen LogP contribution in [0.5, 0.6) is 0 Å². The van der Waals surface area contributed by atoms with Gasteiger partial charge in [-0.05, 0) is 72.7 Å². The molecular formula is C30H38F4N4O3S. The van der Waals surface area contributed by atoms with Crippen LogP contribution >= 0.6 is 0 Å². The quantitative estimate of drug-likeness (QED) is 0.213. The summed E-state index contributed by atoms with van der Waals surface area (Å²) in [6.45, 7) is 4.88. The van der Waals surface area contributed by atoms with Gasteiger partial charge in [0.2, 0.25) is 15.9 Å². The lowest BCUT2D eigenvalue weighted by Gasteiger charge is -2.36. The van der Waals surface area contributed by atoms with Crippen LogP contribution in [-0.4, -0.2) is 62.2 Å². The minimum absolute atomic E-state index is 0.0761. The number of allylic oxidation sites excluding steroid dienone is 2. The van der Waals surface area contributed by atoms with E-state index in [4.69, 9.17) is 5.41 Å². The van der Waals surface area contributed by atoms with Crippen LogP contribution in [0.4, 0.5) is 17.6 Å². The number of piperazine rings is 1. The maximum absolute atomic E-state index is 14.3. The third-order valence-corrected chi connectivity index (χ3v) is 9.29. The summed E-state index contributed by atoms with van der Waals surface area (Å²) in [5.41, 5.74) is 2.79. The molecule has 0 aliphatic carbocycles. The van der Waals surface area contributed by atoms with Crippen molar-refractivity contribution in [3.63, 3.8) is 0 Å². The summed E-state index contributed by atoms with van der Waals surface area (Å²) in [5.74, 6) is -6.56. The van der Waals surface area contributed by atoms with Gasteiger partial charge in [0.1, 0.15) is 17.4 Å². The van der Waals surface area contributed by atoms with Crippen molar-refractivity contribution in [3.8, 4) is 0 Å². The third kappa shape index (κ3) is 9.47. The van der Waals surface area contributed by atoms with E-state index in [-0.39, 0.29) is 18.7 Å². The largest absolute Gasteiger partial charge is 0.325 e. The number of nitrogens with one attached hydrogen (secondary N) is 3. The van der Waals surface area contributed by atoms with E-state index in [1.165, 1.54) is 24.3 Å². The molecule has 1 aliphatic rings. The number of hydrogen-bond donors (Lipinski definition) is 3. The van der Waals surface area contributed by atoms with Gasteiger partial charge in [-0.2, -0.15) is 4.31 Å². The zero-order valence-corrected chi connectivity index (χ0v) is 24.8. The van der Waals surface area contributed by atoms with Crippen LogP contribution in [0.2, 0.25) is 0 Å². The van der Waals surface area contributed by atoms with Gasteiger partial charge in [0.05, 0.1) is 5.70 Å². The second-order valence-corrected chi connectivity index (χ2v) is 12.7. The Morgan fingerprint density at radius 2 is 1.86 bits per heavy atom. The number of carbonyl (C=O) groups is 1. The van der Waals surface area contributed by atoms with Crippen LogP contribution in [0.3, 0.4) is 0 Å². The molecule has 0 radical (unpaired) electrons. The third-order valence-electron chi connectivity index (χ3n) is 7.22. The van der Waals surface area contributed by atoms with Crippen molar-refractivity contribution in [1.82, 2.24) is 14.9 Å². The lowest BCUT2D eigenvalue weighted by atomic mass is 9.87. The van der Waals surface area contributed by atoms with Crippen LogP contribution in [0.25, 0.3) is 0 Å². The number of benzene rings is 2. The smallest absolute Gasteiger partial charge is 0.260 e. The first kappa shape index (κ1) is 33.4. The summed E-state index contributed by atoms with van der Waals surface area (Å²) >= 11 is 0. The lowest BCUT2D eigenvalue weighted by Crippen LogP contribution is -2.55. The highest BCUT2D eigenvalue weighted by molar-refractivity contribution is 7.89. The van der Waals surface area contributed by atoms with Gasteiger partial charge in [0, 0.05) is 51.2 Å². The van der Waals surface area contributed by atoms with Gasteiger partial charge in [-0.1, -0.05) is 25.1 Å². The molecule has 1 aliphatic heterocycles. The van der Waals surface area contributed by atoms with Crippen molar-refractivity contribution in [1.29, 1.82) is 5.41 Å². The summed E-state index contributed by atoms with van der Waals surface area (Å²) in [7, 11) is -4.20. The number of alkyl halides is 2. The standard InChI is InChI=1S/C30H38F4N4O3S/c1-4-21(7-10-26-18-36-11-12-38(26)42(40,41)19-30(3,33)34)28(17-35)37-29(39)16-27(22-5-8-24(31)9-6-22)23-13-20(2)14-25(32)15-23/h5-6,8-9,13-15,17,26-27,35-36H,4,7,10-12,16,18-19H2,1-3H3,(H,37,39)/b28-21-,35-17?/t26-,27-/m0/s1. The zero-order chi connectivity index (χ0) is 31.1. The van der Waals surface area contributed by atoms with Crippen molar-refractivity contribution in [3.05, 3.63) is 82.1 Å². The monoisotopic (exact) mass is 610 g/mol. The molecule has 3 N–H and O–H groups in total. The van der Waals surface area contributed by atoms with Crippen LogP contribution in [0, 0.1) is 24.0 Å². The molecular weight excluding hydrogens is 572 g/mol. The average molecular weight is 611 g/mol. The molecule has 0 saturated carbocycles. The number of halogens is 4. The Kier molecular flexibility index (Phi) is 11.4. The molecule has 1 amide bonds. The Labute approximate surface area is 244 Å². The zero-order valence-electron chi connectivity index (χ0n) is 24.0. The molecule has 1 heterocycles. The summed E-state index contributed by atoms with van der Waals surface area (Å²) in [6, 6.07) is 9.56. The first-order chi connectivity index (χ1) is 19.7. The van der Waals surface area contributed by atoms with Gasteiger partial charge in [-0.15, -0.1) is 0 Å². The van der Waals surface area contributed by atoms with Crippen molar-refractivity contribution in [2.24, 2.45) is 0 Å². The van der Waals surface area contributed by atoms with E-state index < -0.39 is 51.2 Å². The Balaban J connectivity index is 1.79. The highest BCUT2D eigenvalue weighted by atomic mass is 32.2. The normalized spacial score (nSPS) is 17.8. The highest BCUT2D eigenvalue weighted by Gasteiger charge is 2.38. The molecule has 3 rings (SSSR count). The minimum Gasteiger partial charge on any atom is -0.325 e. The van der Waals surface area contributed by atoms with Crippen LogP contribution < -0.4 is 10.6 Å². The van der Waals surface area contributed by atoms with Crippen LogP contribution in [0.1, 0.15) is 62.1 Å². The van der Waals surface area contributed by atoms with Crippen LogP contribution in [-0.2, 0) is 14.8 Å². The maximum Gasteiger partial charge on any atom is 0.260 e. The topological polar surface area (TPSA) is 102 Å². The van der Waals surface area contributed by atoms with E-state index in [0.29, 0.717) is 61.5 Å².